The molecule has 2 aromatic carbocycles. The predicted octanol–water partition coefficient (Wildman–Crippen LogP) is 4.47. The van der Waals surface area contributed by atoms with Crippen molar-refractivity contribution in [1.82, 2.24) is 4.90 Å². The molecule has 1 amide bonds. The van der Waals surface area contributed by atoms with Gasteiger partial charge in [0.15, 0.2) is 10.4 Å². The fourth-order valence-electron chi connectivity index (χ4n) is 2.30. The van der Waals surface area contributed by atoms with Gasteiger partial charge in [-0.25, -0.2) is 0 Å². The number of nitrogens with zero attached hydrogens (tertiary/aromatic N) is 1. The molecule has 0 unspecified atom stereocenters. The second-order valence-corrected chi connectivity index (χ2v) is 5.73. The maximum Gasteiger partial charge on any atom is 0.289 e. The van der Waals surface area contributed by atoms with Crippen LogP contribution in [0.4, 0.5) is 0 Å². The SMILES string of the molecule is CN(Cc1ccc2ccccc2c1)C(=O)c1ccc(Br)o1. The summed E-state index contributed by atoms with van der Waals surface area (Å²) in [5, 5.41) is 2.38. The largest absolute Gasteiger partial charge is 0.444 e. The van der Waals surface area contributed by atoms with E-state index in [-0.39, 0.29) is 5.91 Å². The predicted molar refractivity (Wildman–Crippen MR) is 86.2 cm³/mol. The Bertz CT molecular complexity index is 794. The first-order valence-corrected chi connectivity index (χ1v) is 7.41. The van der Waals surface area contributed by atoms with Crippen LogP contribution in [-0.2, 0) is 6.54 Å². The zero-order valence-corrected chi connectivity index (χ0v) is 13.1. The number of furan rings is 1. The molecular weight excluding hydrogens is 330 g/mol. The van der Waals surface area contributed by atoms with Crippen molar-refractivity contribution in [3.05, 3.63) is 70.6 Å². The highest BCUT2D eigenvalue weighted by Gasteiger charge is 2.15. The van der Waals surface area contributed by atoms with Crippen LogP contribution in [0.25, 0.3) is 10.8 Å². The number of amides is 1. The maximum absolute atomic E-state index is 12.2. The number of carbonyl (C=O) groups excluding carboxylic acids is 1. The third kappa shape index (κ3) is 3.00. The molecule has 0 aliphatic heterocycles. The van der Waals surface area contributed by atoms with Crippen molar-refractivity contribution in [3.8, 4) is 0 Å². The number of halogens is 1. The number of hydrogen-bond donors (Lipinski definition) is 0. The number of rotatable bonds is 3. The van der Waals surface area contributed by atoms with Crippen molar-refractivity contribution < 1.29 is 9.21 Å². The molecule has 0 aliphatic rings. The summed E-state index contributed by atoms with van der Waals surface area (Å²) in [4.78, 5) is 13.9. The van der Waals surface area contributed by atoms with Crippen LogP contribution < -0.4 is 0 Å². The van der Waals surface area contributed by atoms with Crippen molar-refractivity contribution in [2.75, 3.05) is 7.05 Å². The zero-order chi connectivity index (χ0) is 14.8. The quantitative estimate of drug-likeness (QED) is 0.703. The van der Waals surface area contributed by atoms with Crippen molar-refractivity contribution >= 4 is 32.6 Å². The van der Waals surface area contributed by atoms with E-state index in [1.165, 1.54) is 10.8 Å². The van der Waals surface area contributed by atoms with Crippen LogP contribution in [0, 0.1) is 0 Å². The van der Waals surface area contributed by atoms with Crippen molar-refractivity contribution in [1.29, 1.82) is 0 Å². The normalized spacial score (nSPS) is 10.8. The molecule has 106 valence electrons. The fourth-order valence-corrected chi connectivity index (χ4v) is 2.61. The maximum atomic E-state index is 12.2. The molecule has 0 aliphatic carbocycles. The number of carbonyl (C=O) groups is 1. The van der Waals surface area contributed by atoms with Gasteiger partial charge >= 0.3 is 0 Å². The number of fused-ring (bicyclic) bond motifs is 1. The highest BCUT2D eigenvalue weighted by Crippen LogP contribution is 2.19. The molecule has 3 nitrogen and oxygen atoms in total. The van der Waals surface area contributed by atoms with Gasteiger partial charge in [0.05, 0.1) is 0 Å². The van der Waals surface area contributed by atoms with Gasteiger partial charge in [-0.1, -0.05) is 36.4 Å². The first kappa shape index (κ1) is 13.9. The third-order valence-corrected chi connectivity index (χ3v) is 3.79. The van der Waals surface area contributed by atoms with Gasteiger partial charge in [0.2, 0.25) is 0 Å². The summed E-state index contributed by atoms with van der Waals surface area (Å²) in [7, 11) is 1.77. The Morgan fingerprint density at radius 3 is 2.57 bits per heavy atom. The molecule has 0 saturated heterocycles. The van der Waals surface area contributed by atoms with Gasteiger partial charge in [-0.05, 0) is 50.5 Å². The van der Waals surface area contributed by atoms with E-state index >= 15 is 0 Å². The summed E-state index contributed by atoms with van der Waals surface area (Å²) in [6.45, 7) is 0.544. The highest BCUT2D eigenvalue weighted by atomic mass is 79.9. The van der Waals surface area contributed by atoms with Crippen LogP contribution in [0.3, 0.4) is 0 Å². The minimum atomic E-state index is -0.131. The van der Waals surface area contributed by atoms with Crippen molar-refractivity contribution in [2.45, 2.75) is 6.54 Å². The van der Waals surface area contributed by atoms with E-state index in [0.29, 0.717) is 17.0 Å². The van der Waals surface area contributed by atoms with Gasteiger partial charge < -0.3 is 9.32 Å². The molecule has 3 aromatic rings. The minimum absolute atomic E-state index is 0.131. The molecule has 0 saturated carbocycles. The Hall–Kier alpha value is -2.07. The van der Waals surface area contributed by atoms with Crippen LogP contribution >= 0.6 is 15.9 Å². The lowest BCUT2D eigenvalue weighted by Gasteiger charge is -2.16. The van der Waals surface area contributed by atoms with E-state index < -0.39 is 0 Å². The molecular formula is C17H14BrNO2. The van der Waals surface area contributed by atoms with Gasteiger partial charge in [-0.15, -0.1) is 0 Å². The van der Waals surface area contributed by atoms with Crippen LogP contribution in [-0.4, -0.2) is 17.9 Å². The average molecular weight is 344 g/mol. The Morgan fingerprint density at radius 2 is 1.86 bits per heavy atom. The Kier molecular flexibility index (Phi) is 3.80. The first-order chi connectivity index (χ1) is 10.1. The molecule has 0 bridgehead atoms. The van der Waals surface area contributed by atoms with Gasteiger partial charge in [0.1, 0.15) is 0 Å². The Balaban J connectivity index is 1.79. The molecule has 3 rings (SSSR count). The zero-order valence-electron chi connectivity index (χ0n) is 11.5. The van der Waals surface area contributed by atoms with Crippen LogP contribution in [0.5, 0.6) is 0 Å². The molecule has 4 heteroatoms. The number of hydrogen-bond acceptors (Lipinski definition) is 2. The smallest absolute Gasteiger partial charge is 0.289 e. The molecule has 0 fully saturated rings. The highest BCUT2D eigenvalue weighted by molar-refractivity contribution is 9.10. The second kappa shape index (κ2) is 5.74. The topological polar surface area (TPSA) is 33.5 Å². The second-order valence-electron chi connectivity index (χ2n) is 4.95. The summed E-state index contributed by atoms with van der Waals surface area (Å²) in [6, 6.07) is 17.8. The average Bonchev–Trinajstić information content (AvgIpc) is 2.93. The van der Waals surface area contributed by atoms with Crippen LogP contribution in [0.2, 0.25) is 0 Å². The van der Waals surface area contributed by atoms with E-state index in [2.05, 4.69) is 40.2 Å². The van der Waals surface area contributed by atoms with Crippen molar-refractivity contribution in [3.63, 3.8) is 0 Å². The first-order valence-electron chi connectivity index (χ1n) is 6.62. The Morgan fingerprint density at radius 1 is 1.10 bits per heavy atom. The van der Waals surface area contributed by atoms with Crippen molar-refractivity contribution in [2.24, 2.45) is 0 Å². The van der Waals surface area contributed by atoms with Gasteiger partial charge in [0, 0.05) is 13.6 Å². The fraction of sp³-hybridized carbons (Fsp3) is 0.118. The van der Waals surface area contributed by atoms with E-state index in [4.69, 9.17) is 4.42 Å². The lowest BCUT2D eigenvalue weighted by Crippen LogP contribution is -2.25. The molecule has 0 N–H and O–H groups in total. The molecule has 0 spiro atoms. The van der Waals surface area contributed by atoms with Gasteiger partial charge in [-0.2, -0.15) is 0 Å². The Labute approximate surface area is 131 Å². The summed E-state index contributed by atoms with van der Waals surface area (Å²) < 4.78 is 5.86. The number of benzene rings is 2. The lowest BCUT2D eigenvalue weighted by atomic mass is 10.1. The van der Waals surface area contributed by atoms with Gasteiger partial charge in [0.25, 0.3) is 5.91 Å². The summed E-state index contributed by atoms with van der Waals surface area (Å²) in [5.74, 6) is 0.207. The lowest BCUT2D eigenvalue weighted by molar-refractivity contribution is 0.0752. The van der Waals surface area contributed by atoms with E-state index in [1.807, 2.05) is 18.2 Å². The van der Waals surface area contributed by atoms with E-state index in [0.717, 1.165) is 5.56 Å². The molecule has 1 aromatic heterocycles. The molecule has 21 heavy (non-hydrogen) atoms. The monoisotopic (exact) mass is 343 g/mol. The third-order valence-electron chi connectivity index (χ3n) is 3.36. The van der Waals surface area contributed by atoms with E-state index in [1.54, 1.807) is 24.1 Å². The molecule has 1 heterocycles. The van der Waals surface area contributed by atoms with Gasteiger partial charge in [-0.3, -0.25) is 4.79 Å². The summed E-state index contributed by atoms with van der Waals surface area (Å²) >= 11 is 3.21. The molecule has 0 radical (unpaired) electrons. The summed E-state index contributed by atoms with van der Waals surface area (Å²) in [6.07, 6.45) is 0. The van der Waals surface area contributed by atoms with Crippen LogP contribution in [0.1, 0.15) is 16.1 Å². The van der Waals surface area contributed by atoms with Crippen LogP contribution in [0.15, 0.2) is 63.7 Å². The summed E-state index contributed by atoms with van der Waals surface area (Å²) in [5.41, 5.74) is 1.09. The minimum Gasteiger partial charge on any atom is -0.444 e. The molecule has 0 atom stereocenters. The van der Waals surface area contributed by atoms with E-state index in [9.17, 15) is 4.79 Å². The standard InChI is InChI=1S/C17H14BrNO2/c1-19(17(20)15-8-9-16(18)21-15)11-12-6-7-13-4-2-3-5-14(13)10-12/h2-10H,11H2,1H3.